The van der Waals surface area contributed by atoms with E-state index in [1.165, 1.54) is 0 Å². The van der Waals surface area contributed by atoms with Gasteiger partial charge in [0.2, 0.25) is 0 Å². The molecule has 0 aliphatic heterocycles. The number of benzene rings is 1. The molecule has 5 nitrogen and oxygen atoms in total. The van der Waals surface area contributed by atoms with E-state index in [1.54, 1.807) is 19.2 Å². The second kappa shape index (κ2) is 10.7. The van der Waals surface area contributed by atoms with Crippen LogP contribution >= 0.6 is 24.0 Å². The summed E-state index contributed by atoms with van der Waals surface area (Å²) in [5, 5.41) is 3.46. The molecule has 0 heterocycles. The average Bonchev–Trinajstić information content (AvgIpc) is 3.03. The molecule has 1 aromatic carbocycles. The number of rotatable bonds is 8. The fourth-order valence-electron chi connectivity index (χ4n) is 3.07. The van der Waals surface area contributed by atoms with Gasteiger partial charge in [0.1, 0.15) is 0 Å². The van der Waals surface area contributed by atoms with Gasteiger partial charge in [-0.25, -0.2) is 0 Å². The summed E-state index contributed by atoms with van der Waals surface area (Å²) in [6.07, 6.45) is 5.10. The number of unbranched alkanes of at least 4 members (excludes halogenated alkanes) is 1. The van der Waals surface area contributed by atoms with E-state index in [-0.39, 0.29) is 24.4 Å². The van der Waals surface area contributed by atoms with Crippen LogP contribution in [0.25, 0.3) is 0 Å². The summed E-state index contributed by atoms with van der Waals surface area (Å²) in [4.78, 5) is 12.5. The quantitative estimate of drug-likeness (QED) is 0.661. The van der Waals surface area contributed by atoms with Crippen molar-refractivity contribution in [1.29, 1.82) is 0 Å². The second-order valence-corrected chi connectivity index (χ2v) is 6.61. The molecule has 7 heteroatoms. The van der Waals surface area contributed by atoms with Crippen molar-refractivity contribution in [2.75, 3.05) is 20.3 Å². The van der Waals surface area contributed by atoms with Crippen LogP contribution in [0.3, 0.4) is 0 Å². The molecule has 0 aromatic heterocycles. The smallest absolute Gasteiger partial charge is 0.251 e. The molecule has 0 bridgehead atoms. The Morgan fingerprint density at radius 1 is 1.40 bits per heavy atom. The first-order chi connectivity index (χ1) is 11.6. The molecule has 2 unspecified atom stereocenters. The third kappa shape index (κ3) is 5.66. The van der Waals surface area contributed by atoms with E-state index in [0.29, 0.717) is 41.2 Å². The molecule has 1 aromatic rings. The first kappa shape index (κ1) is 21.9. The number of hydrogen-bond acceptors (Lipinski definition) is 4. The number of nitrogens with one attached hydrogen (secondary N) is 1. The van der Waals surface area contributed by atoms with Crippen molar-refractivity contribution < 1.29 is 14.3 Å². The summed E-state index contributed by atoms with van der Waals surface area (Å²) in [7, 11) is 1.54. The number of carbonyl (C=O) groups is 1. The molecule has 1 aliphatic carbocycles. The van der Waals surface area contributed by atoms with Gasteiger partial charge >= 0.3 is 0 Å². The van der Waals surface area contributed by atoms with Gasteiger partial charge in [-0.05, 0) is 43.9 Å². The minimum absolute atomic E-state index is 0. The van der Waals surface area contributed by atoms with E-state index in [0.717, 1.165) is 32.1 Å². The zero-order valence-electron chi connectivity index (χ0n) is 14.8. The minimum atomic E-state index is -0.152. The molecule has 1 aliphatic rings. The molecule has 2 rings (SSSR count). The van der Waals surface area contributed by atoms with Crippen molar-refractivity contribution in [3.05, 3.63) is 22.7 Å². The highest BCUT2D eigenvalue weighted by molar-refractivity contribution is 6.32. The summed E-state index contributed by atoms with van der Waals surface area (Å²) in [5.74, 6) is 1.17. The highest BCUT2D eigenvalue weighted by Gasteiger charge is 2.28. The highest BCUT2D eigenvalue weighted by Crippen LogP contribution is 2.36. The molecule has 1 saturated carbocycles. The van der Waals surface area contributed by atoms with E-state index in [1.807, 2.05) is 0 Å². The van der Waals surface area contributed by atoms with Crippen LogP contribution in [-0.4, -0.2) is 32.2 Å². The number of nitrogens with two attached hydrogens (primary N) is 1. The van der Waals surface area contributed by atoms with Crippen molar-refractivity contribution >= 4 is 29.9 Å². The third-order valence-electron chi connectivity index (χ3n) is 4.51. The summed E-state index contributed by atoms with van der Waals surface area (Å²) >= 11 is 6.30. The maximum absolute atomic E-state index is 12.5. The molecule has 142 valence electrons. The SMILES string of the molecule is CCCCOc1c(Cl)cc(C(=O)NC2CCCC2CN)cc1OC.Cl. The Labute approximate surface area is 161 Å². The molecule has 2 atom stereocenters. The van der Waals surface area contributed by atoms with Crippen LogP contribution in [0.4, 0.5) is 0 Å². The van der Waals surface area contributed by atoms with Crippen molar-refractivity contribution in [2.45, 2.75) is 45.1 Å². The lowest BCUT2D eigenvalue weighted by molar-refractivity contribution is 0.0928. The van der Waals surface area contributed by atoms with Gasteiger partial charge in [-0.15, -0.1) is 12.4 Å². The van der Waals surface area contributed by atoms with E-state index in [4.69, 9.17) is 26.8 Å². The number of carbonyl (C=O) groups excluding carboxylic acids is 1. The van der Waals surface area contributed by atoms with E-state index < -0.39 is 0 Å². The number of hydrogen-bond donors (Lipinski definition) is 2. The normalized spacial score (nSPS) is 19.2. The standard InChI is InChI=1S/C18H27ClN2O3.ClH/c1-3-4-8-24-17-14(19)9-13(10-16(17)23-2)18(22)21-15-7-5-6-12(15)11-20;/h9-10,12,15H,3-8,11,20H2,1-2H3,(H,21,22);1H. The van der Waals surface area contributed by atoms with Crippen molar-refractivity contribution in [3.8, 4) is 11.5 Å². The predicted octanol–water partition coefficient (Wildman–Crippen LogP) is 3.81. The Morgan fingerprint density at radius 2 is 2.16 bits per heavy atom. The van der Waals surface area contributed by atoms with Gasteiger partial charge in [0.15, 0.2) is 11.5 Å². The maximum atomic E-state index is 12.5. The Balaban J connectivity index is 0.00000312. The number of halogens is 2. The molecule has 0 spiro atoms. The Kier molecular flexibility index (Phi) is 9.39. The van der Waals surface area contributed by atoms with E-state index in [9.17, 15) is 4.79 Å². The number of amides is 1. The van der Waals surface area contributed by atoms with Gasteiger partial charge in [0.05, 0.1) is 18.7 Å². The second-order valence-electron chi connectivity index (χ2n) is 6.20. The van der Waals surface area contributed by atoms with Crippen molar-refractivity contribution in [3.63, 3.8) is 0 Å². The van der Waals surface area contributed by atoms with Crippen molar-refractivity contribution in [1.82, 2.24) is 5.32 Å². The van der Waals surface area contributed by atoms with Crippen LogP contribution < -0.4 is 20.5 Å². The minimum Gasteiger partial charge on any atom is -0.493 e. The van der Waals surface area contributed by atoms with Crippen LogP contribution in [0, 0.1) is 5.92 Å². The van der Waals surface area contributed by atoms with E-state index in [2.05, 4.69) is 12.2 Å². The third-order valence-corrected chi connectivity index (χ3v) is 4.79. The fourth-order valence-corrected chi connectivity index (χ4v) is 3.34. The van der Waals surface area contributed by atoms with Gasteiger partial charge in [-0.2, -0.15) is 0 Å². The maximum Gasteiger partial charge on any atom is 0.251 e. The van der Waals surface area contributed by atoms with Crippen LogP contribution in [0.15, 0.2) is 12.1 Å². The highest BCUT2D eigenvalue weighted by atomic mass is 35.5. The lowest BCUT2D eigenvalue weighted by Gasteiger charge is -2.20. The molecule has 25 heavy (non-hydrogen) atoms. The molecule has 3 N–H and O–H groups in total. The topological polar surface area (TPSA) is 73.6 Å². The Bertz CT molecular complexity index is 569. The van der Waals surface area contributed by atoms with Gasteiger partial charge in [-0.3, -0.25) is 4.79 Å². The molecule has 1 fully saturated rings. The molecule has 0 radical (unpaired) electrons. The van der Waals surface area contributed by atoms with Crippen molar-refractivity contribution in [2.24, 2.45) is 11.7 Å². The summed E-state index contributed by atoms with van der Waals surface area (Å²) in [6.45, 7) is 3.25. The predicted molar refractivity (Wildman–Crippen MR) is 103 cm³/mol. The zero-order chi connectivity index (χ0) is 17.5. The molecule has 1 amide bonds. The first-order valence-corrected chi connectivity index (χ1v) is 8.99. The van der Waals surface area contributed by atoms with Crippen LogP contribution in [0.1, 0.15) is 49.4 Å². The largest absolute Gasteiger partial charge is 0.493 e. The molecular formula is C18H28Cl2N2O3. The zero-order valence-corrected chi connectivity index (χ0v) is 16.4. The fraction of sp³-hybridized carbons (Fsp3) is 0.611. The lowest BCUT2D eigenvalue weighted by atomic mass is 10.0. The summed E-state index contributed by atoms with van der Waals surface area (Å²) < 4.78 is 11.0. The molecule has 0 saturated heterocycles. The Morgan fingerprint density at radius 3 is 2.80 bits per heavy atom. The Hall–Kier alpha value is -1.17. The molecular weight excluding hydrogens is 363 g/mol. The monoisotopic (exact) mass is 390 g/mol. The van der Waals surface area contributed by atoms with Crippen LogP contribution in [0.2, 0.25) is 5.02 Å². The van der Waals surface area contributed by atoms with Gasteiger partial charge in [0.25, 0.3) is 5.91 Å². The van der Waals surface area contributed by atoms with Crippen LogP contribution in [-0.2, 0) is 0 Å². The first-order valence-electron chi connectivity index (χ1n) is 8.62. The lowest BCUT2D eigenvalue weighted by Crippen LogP contribution is -2.39. The van der Waals surface area contributed by atoms with E-state index >= 15 is 0 Å². The summed E-state index contributed by atoms with van der Waals surface area (Å²) in [5.41, 5.74) is 6.25. The van der Waals surface area contributed by atoms with Gasteiger partial charge in [-0.1, -0.05) is 31.4 Å². The van der Waals surface area contributed by atoms with Gasteiger partial charge in [0, 0.05) is 11.6 Å². The average molecular weight is 391 g/mol. The van der Waals surface area contributed by atoms with Crippen LogP contribution in [0.5, 0.6) is 11.5 Å². The van der Waals surface area contributed by atoms with Gasteiger partial charge < -0.3 is 20.5 Å². The summed E-state index contributed by atoms with van der Waals surface area (Å²) in [6, 6.07) is 3.44. The number of ether oxygens (including phenoxy) is 2. The number of methoxy groups -OCH3 is 1.